The molecule has 0 amide bonds. The first-order chi connectivity index (χ1) is 10.1. The van der Waals surface area contributed by atoms with Gasteiger partial charge in [-0.15, -0.1) is 0 Å². The van der Waals surface area contributed by atoms with E-state index in [0.29, 0.717) is 15.7 Å². The number of hydrogen-bond acceptors (Lipinski definition) is 2. The van der Waals surface area contributed by atoms with Crippen LogP contribution in [0, 0.1) is 0 Å². The molecule has 2 aromatic carbocycles. The number of halogens is 2. The van der Waals surface area contributed by atoms with Crippen molar-refractivity contribution in [2.75, 3.05) is 5.73 Å². The topological polar surface area (TPSA) is 43.8 Å². The number of aromatic nitrogens is 2. The number of rotatable bonds is 3. The van der Waals surface area contributed by atoms with Crippen molar-refractivity contribution >= 4 is 39.9 Å². The lowest BCUT2D eigenvalue weighted by atomic mass is 10.1. The maximum Gasteiger partial charge on any atom is 0.143 e. The molecule has 0 unspecified atom stereocenters. The Morgan fingerprint density at radius 3 is 2.76 bits per heavy atom. The van der Waals surface area contributed by atoms with Crippen LogP contribution in [0.4, 0.5) is 5.69 Å². The Morgan fingerprint density at radius 1 is 1.19 bits per heavy atom. The number of para-hydroxylation sites is 1. The summed E-state index contributed by atoms with van der Waals surface area (Å²) in [4.78, 5) is 4.70. The molecule has 0 aliphatic rings. The van der Waals surface area contributed by atoms with E-state index in [0.717, 1.165) is 35.4 Å². The Kier molecular flexibility index (Phi) is 3.79. The van der Waals surface area contributed by atoms with Gasteiger partial charge in [0, 0.05) is 22.8 Å². The second-order valence-electron chi connectivity index (χ2n) is 4.93. The molecule has 1 heterocycles. The van der Waals surface area contributed by atoms with Crippen LogP contribution >= 0.6 is 23.2 Å². The van der Waals surface area contributed by atoms with E-state index in [1.165, 1.54) is 0 Å². The zero-order chi connectivity index (χ0) is 15.0. The summed E-state index contributed by atoms with van der Waals surface area (Å²) in [6.45, 7) is 2.94. The van der Waals surface area contributed by atoms with Crippen LogP contribution in [-0.4, -0.2) is 9.55 Å². The van der Waals surface area contributed by atoms with Gasteiger partial charge in [-0.2, -0.15) is 0 Å². The molecule has 0 saturated carbocycles. The number of aryl methyl sites for hydroxylation is 1. The third kappa shape index (κ3) is 2.47. The van der Waals surface area contributed by atoms with Gasteiger partial charge < -0.3 is 10.3 Å². The second-order valence-corrected chi connectivity index (χ2v) is 5.77. The van der Waals surface area contributed by atoms with Crippen molar-refractivity contribution in [2.45, 2.75) is 19.9 Å². The number of fused-ring (bicyclic) bond motifs is 1. The standard InChI is InChI=1S/C16H15Cl2N3/c1-2-8-21-15-12(18)4-3-5-14(15)20-16(21)11-9-10(17)6-7-13(11)19/h3-7,9H,2,8,19H2,1H3. The molecule has 5 heteroatoms. The minimum Gasteiger partial charge on any atom is -0.398 e. The van der Waals surface area contributed by atoms with Crippen molar-refractivity contribution in [2.24, 2.45) is 0 Å². The summed E-state index contributed by atoms with van der Waals surface area (Å²) in [6, 6.07) is 11.2. The van der Waals surface area contributed by atoms with E-state index >= 15 is 0 Å². The lowest BCUT2D eigenvalue weighted by Gasteiger charge is -2.10. The molecule has 3 rings (SSSR count). The quantitative estimate of drug-likeness (QED) is 0.690. The molecular weight excluding hydrogens is 305 g/mol. The van der Waals surface area contributed by atoms with Crippen molar-refractivity contribution in [1.82, 2.24) is 9.55 Å². The number of imidazole rings is 1. The molecule has 1 aromatic heterocycles. The molecule has 3 aromatic rings. The summed E-state index contributed by atoms with van der Waals surface area (Å²) >= 11 is 12.5. The van der Waals surface area contributed by atoms with E-state index in [4.69, 9.17) is 33.9 Å². The van der Waals surface area contributed by atoms with Gasteiger partial charge in [-0.3, -0.25) is 0 Å². The molecule has 0 bridgehead atoms. The predicted molar refractivity (Wildman–Crippen MR) is 89.9 cm³/mol. The highest BCUT2D eigenvalue weighted by Gasteiger charge is 2.16. The Labute approximate surface area is 133 Å². The fraction of sp³-hybridized carbons (Fsp3) is 0.188. The van der Waals surface area contributed by atoms with Gasteiger partial charge in [-0.25, -0.2) is 4.98 Å². The molecule has 0 spiro atoms. The average Bonchev–Trinajstić information content (AvgIpc) is 2.82. The van der Waals surface area contributed by atoms with E-state index in [-0.39, 0.29) is 0 Å². The first kappa shape index (κ1) is 14.2. The zero-order valence-corrected chi connectivity index (χ0v) is 13.1. The van der Waals surface area contributed by atoms with Gasteiger partial charge in [-0.05, 0) is 36.8 Å². The molecule has 0 fully saturated rings. The zero-order valence-electron chi connectivity index (χ0n) is 11.6. The smallest absolute Gasteiger partial charge is 0.143 e. The highest BCUT2D eigenvalue weighted by atomic mass is 35.5. The van der Waals surface area contributed by atoms with Gasteiger partial charge in [0.05, 0.1) is 16.1 Å². The van der Waals surface area contributed by atoms with Gasteiger partial charge in [0.15, 0.2) is 0 Å². The number of nitrogens with two attached hydrogens (primary N) is 1. The van der Waals surface area contributed by atoms with Crippen LogP contribution in [0.5, 0.6) is 0 Å². The summed E-state index contributed by atoms with van der Waals surface area (Å²) in [6.07, 6.45) is 0.976. The number of nitrogens with zero attached hydrogens (tertiary/aromatic N) is 2. The van der Waals surface area contributed by atoms with Gasteiger partial charge >= 0.3 is 0 Å². The van der Waals surface area contributed by atoms with E-state index in [1.54, 1.807) is 12.1 Å². The summed E-state index contributed by atoms with van der Waals surface area (Å²) in [5.74, 6) is 0.806. The van der Waals surface area contributed by atoms with Crippen molar-refractivity contribution in [3.8, 4) is 11.4 Å². The summed E-state index contributed by atoms with van der Waals surface area (Å²) in [5, 5.41) is 1.33. The van der Waals surface area contributed by atoms with E-state index < -0.39 is 0 Å². The molecule has 2 N–H and O–H groups in total. The lowest BCUT2D eigenvalue weighted by Crippen LogP contribution is -2.02. The third-order valence-corrected chi connectivity index (χ3v) is 3.96. The van der Waals surface area contributed by atoms with Crippen LogP contribution in [-0.2, 0) is 6.54 Å². The van der Waals surface area contributed by atoms with Crippen LogP contribution in [0.1, 0.15) is 13.3 Å². The van der Waals surface area contributed by atoms with Crippen molar-refractivity contribution < 1.29 is 0 Å². The van der Waals surface area contributed by atoms with Crippen LogP contribution in [0.15, 0.2) is 36.4 Å². The Bertz CT molecular complexity index is 809. The fourth-order valence-corrected chi connectivity index (χ4v) is 2.95. The number of benzene rings is 2. The monoisotopic (exact) mass is 319 g/mol. The van der Waals surface area contributed by atoms with Crippen LogP contribution < -0.4 is 5.73 Å². The van der Waals surface area contributed by atoms with Gasteiger partial charge in [0.25, 0.3) is 0 Å². The Balaban J connectivity index is 2.34. The molecule has 0 radical (unpaired) electrons. The Morgan fingerprint density at radius 2 is 2.00 bits per heavy atom. The molecule has 0 saturated heterocycles. The summed E-state index contributed by atoms with van der Waals surface area (Å²) < 4.78 is 2.11. The molecule has 3 nitrogen and oxygen atoms in total. The second kappa shape index (κ2) is 5.58. The number of hydrogen-bond donors (Lipinski definition) is 1. The number of nitrogen functional groups attached to an aromatic ring is 1. The molecule has 108 valence electrons. The maximum absolute atomic E-state index is 6.35. The van der Waals surface area contributed by atoms with Crippen molar-refractivity contribution in [1.29, 1.82) is 0 Å². The van der Waals surface area contributed by atoms with E-state index in [1.807, 2.05) is 24.3 Å². The van der Waals surface area contributed by atoms with Gasteiger partial charge in [-0.1, -0.05) is 36.2 Å². The first-order valence-electron chi connectivity index (χ1n) is 6.82. The van der Waals surface area contributed by atoms with E-state index in [2.05, 4.69) is 11.5 Å². The normalized spacial score (nSPS) is 11.2. The average molecular weight is 320 g/mol. The lowest BCUT2D eigenvalue weighted by molar-refractivity contribution is 0.704. The largest absolute Gasteiger partial charge is 0.398 e. The maximum atomic E-state index is 6.35. The third-order valence-electron chi connectivity index (χ3n) is 3.42. The van der Waals surface area contributed by atoms with Crippen molar-refractivity contribution in [3.05, 3.63) is 46.4 Å². The first-order valence-corrected chi connectivity index (χ1v) is 7.57. The molecule has 0 aliphatic heterocycles. The SMILES string of the molecule is CCCn1c(-c2cc(Cl)ccc2N)nc2cccc(Cl)c21. The highest BCUT2D eigenvalue weighted by Crippen LogP contribution is 2.33. The molecule has 21 heavy (non-hydrogen) atoms. The van der Waals surface area contributed by atoms with Crippen LogP contribution in [0.25, 0.3) is 22.4 Å². The van der Waals surface area contributed by atoms with E-state index in [9.17, 15) is 0 Å². The van der Waals surface area contributed by atoms with Crippen LogP contribution in [0.2, 0.25) is 10.0 Å². The molecular formula is C16H15Cl2N3. The molecule has 0 atom stereocenters. The summed E-state index contributed by atoms with van der Waals surface area (Å²) in [5.41, 5.74) is 9.40. The Hall–Kier alpha value is -1.71. The minimum atomic E-state index is 0.639. The highest BCUT2D eigenvalue weighted by molar-refractivity contribution is 6.35. The predicted octanol–water partition coefficient (Wildman–Crippen LogP) is 5.00. The number of anilines is 1. The van der Waals surface area contributed by atoms with Crippen molar-refractivity contribution in [3.63, 3.8) is 0 Å². The van der Waals surface area contributed by atoms with Crippen LogP contribution in [0.3, 0.4) is 0 Å². The minimum absolute atomic E-state index is 0.639. The fourth-order valence-electron chi connectivity index (χ4n) is 2.51. The van der Waals surface area contributed by atoms with Gasteiger partial charge in [0.1, 0.15) is 5.82 Å². The van der Waals surface area contributed by atoms with Gasteiger partial charge in [0.2, 0.25) is 0 Å². The molecule has 0 aliphatic carbocycles. The summed E-state index contributed by atoms with van der Waals surface area (Å²) in [7, 11) is 0.